The summed E-state index contributed by atoms with van der Waals surface area (Å²) < 4.78 is 1.32. The lowest BCUT2D eigenvalue weighted by molar-refractivity contribution is 0.0203. The van der Waals surface area contributed by atoms with Gasteiger partial charge in [0.15, 0.2) is 0 Å². The minimum atomic E-state index is -0.545. The van der Waals surface area contributed by atoms with Crippen LogP contribution in [0.4, 0.5) is 0 Å². The van der Waals surface area contributed by atoms with Crippen molar-refractivity contribution in [3.63, 3.8) is 0 Å². The number of thiophene rings is 1. The maximum Gasteiger partial charge on any atom is 0.0783 e. The second-order valence-electron chi connectivity index (χ2n) is 6.49. The van der Waals surface area contributed by atoms with Gasteiger partial charge < -0.3 is 5.11 Å². The van der Waals surface area contributed by atoms with E-state index in [1.165, 1.54) is 15.6 Å². The Morgan fingerprint density at radius 2 is 2.00 bits per heavy atom. The molecule has 2 heterocycles. The van der Waals surface area contributed by atoms with E-state index < -0.39 is 5.60 Å². The van der Waals surface area contributed by atoms with Crippen molar-refractivity contribution >= 4 is 33.2 Å². The number of aliphatic hydroxyl groups is 1. The molecule has 0 bridgehead atoms. The van der Waals surface area contributed by atoms with Crippen LogP contribution in [0.3, 0.4) is 0 Å². The summed E-state index contributed by atoms with van der Waals surface area (Å²) in [6.45, 7) is 4.52. The molecule has 1 aromatic heterocycles. The van der Waals surface area contributed by atoms with Crippen molar-refractivity contribution in [3.05, 3.63) is 35.2 Å². The number of rotatable bonds is 2. The standard InChI is InChI=1S/C16H20OS2/c1-15(2)9-16(17,11-18-10-15)7-12-8-19-14-6-4-3-5-13(12)14/h3-6,8,17H,7,9-11H2,1-2H3. The van der Waals surface area contributed by atoms with Gasteiger partial charge in [0.05, 0.1) is 5.60 Å². The highest BCUT2D eigenvalue weighted by molar-refractivity contribution is 7.99. The first-order valence-electron chi connectivity index (χ1n) is 6.73. The van der Waals surface area contributed by atoms with E-state index in [-0.39, 0.29) is 5.41 Å². The second-order valence-corrected chi connectivity index (χ2v) is 8.39. The third-order valence-electron chi connectivity index (χ3n) is 3.75. The Balaban J connectivity index is 1.88. The molecule has 1 atom stereocenters. The van der Waals surface area contributed by atoms with Crippen LogP contribution in [0.5, 0.6) is 0 Å². The number of hydrogen-bond acceptors (Lipinski definition) is 3. The van der Waals surface area contributed by atoms with Gasteiger partial charge in [0.2, 0.25) is 0 Å². The van der Waals surface area contributed by atoms with Gasteiger partial charge in [0, 0.05) is 16.9 Å². The van der Waals surface area contributed by atoms with Gasteiger partial charge in [0.1, 0.15) is 0 Å². The third-order valence-corrected chi connectivity index (χ3v) is 6.49. The molecule has 19 heavy (non-hydrogen) atoms. The van der Waals surface area contributed by atoms with E-state index in [4.69, 9.17) is 0 Å². The predicted molar refractivity (Wildman–Crippen MR) is 86.2 cm³/mol. The van der Waals surface area contributed by atoms with Gasteiger partial charge in [-0.15, -0.1) is 11.3 Å². The second kappa shape index (κ2) is 4.80. The van der Waals surface area contributed by atoms with Crippen molar-refractivity contribution in [2.24, 2.45) is 5.41 Å². The van der Waals surface area contributed by atoms with Gasteiger partial charge in [-0.25, -0.2) is 0 Å². The normalized spacial score (nSPS) is 26.7. The Morgan fingerprint density at radius 3 is 2.79 bits per heavy atom. The van der Waals surface area contributed by atoms with Gasteiger partial charge >= 0.3 is 0 Å². The number of hydrogen-bond donors (Lipinski definition) is 1. The van der Waals surface area contributed by atoms with Gasteiger partial charge in [-0.2, -0.15) is 11.8 Å². The van der Waals surface area contributed by atoms with E-state index >= 15 is 0 Å². The molecule has 0 saturated carbocycles. The number of thioether (sulfide) groups is 1. The summed E-state index contributed by atoms with van der Waals surface area (Å²) in [7, 11) is 0. The van der Waals surface area contributed by atoms with Crippen LogP contribution in [-0.2, 0) is 6.42 Å². The molecule has 1 aliphatic rings. The zero-order valence-corrected chi connectivity index (χ0v) is 13.1. The fourth-order valence-electron chi connectivity index (χ4n) is 3.15. The van der Waals surface area contributed by atoms with Crippen LogP contribution in [0.1, 0.15) is 25.8 Å². The topological polar surface area (TPSA) is 20.2 Å². The van der Waals surface area contributed by atoms with Crippen LogP contribution in [0.25, 0.3) is 10.1 Å². The Kier molecular flexibility index (Phi) is 3.40. The van der Waals surface area contributed by atoms with Crippen LogP contribution in [-0.4, -0.2) is 22.2 Å². The van der Waals surface area contributed by atoms with Crippen molar-refractivity contribution in [1.29, 1.82) is 0 Å². The Labute approximate surface area is 123 Å². The van der Waals surface area contributed by atoms with Crippen molar-refractivity contribution in [2.75, 3.05) is 11.5 Å². The molecule has 0 amide bonds. The highest BCUT2D eigenvalue weighted by Crippen LogP contribution is 2.41. The molecular weight excluding hydrogens is 272 g/mol. The summed E-state index contributed by atoms with van der Waals surface area (Å²) in [4.78, 5) is 0. The fraction of sp³-hybridized carbons (Fsp3) is 0.500. The molecule has 102 valence electrons. The van der Waals surface area contributed by atoms with Crippen molar-refractivity contribution in [1.82, 2.24) is 0 Å². The molecule has 3 heteroatoms. The van der Waals surface area contributed by atoms with Gasteiger partial charge in [-0.05, 0) is 40.0 Å². The van der Waals surface area contributed by atoms with E-state index in [0.717, 1.165) is 24.3 Å². The van der Waals surface area contributed by atoms with Crippen LogP contribution in [0, 0.1) is 5.41 Å². The van der Waals surface area contributed by atoms with Crippen LogP contribution < -0.4 is 0 Å². The summed E-state index contributed by atoms with van der Waals surface area (Å²) in [5.41, 5.74) is 1.00. The molecule has 1 aromatic carbocycles. The summed E-state index contributed by atoms with van der Waals surface area (Å²) >= 11 is 3.67. The Hall–Kier alpha value is -0.510. The van der Waals surface area contributed by atoms with E-state index in [0.29, 0.717) is 0 Å². The smallest absolute Gasteiger partial charge is 0.0783 e. The largest absolute Gasteiger partial charge is 0.389 e. The minimum absolute atomic E-state index is 0.240. The van der Waals surface area contributed by atoms with Crippen molar-refractivity contribution < 1.29 is 5.11 Å². The number of fused-ring (bicyclic) bond motifs is 1. The summed E-state index contributed by atoms with van der Waals surface area (Å²) in [6, 6.07) is 8.50. The minimum Gasteiger partial charge on any atom is -0.389 e. The molecule has 0 aliphatic carbocycles. The molecule has 0 radical (unpaired) electrons. The van der Waals surface area contributed by atoms with Gasteiger partial charge in [-0.3, -0.25) is 0 Å². The zero-order chi connectivity index (χ0) is 13.5. The van der Waals surface area contributed by atoms with Crippen LogP contribution in [0.15, 0.2) is 29.6 Å². The summed E-state index contributed by atoms with van der Waals surface area (Å²) in [5.74, 6) is 2.01. The summed E-state index contributed by atoms with van der Waals surface area (Å²) in [6.07, 6.45) is 1.69. The first kappa shape index (κ1) is 13.5. The molecule has 1 fully saturated rings. The van der Waals surface area contributed by atoms with E-state index in [2.05, 4.69) is 43.5 Å². The van der Waals surface area contributed by atoms with E-state index in [9.17, 15) is 5.11 Å². The molecule has 0 spiro atoms. The van der Waals surface area contributed by atoms with Crippen molar-refractivity contribution in [2.45, 2.75) is 32.3 Å². The first-order valence-corrected chi connectivity index (χ1v) is 8.76. The Bertz CT molecular complexity index is 587. The SMILES string of the molecule is CC1(C)CSCC(O)(Cc2csc3ccccc23)C1. The van der Waals surface area contributed by atoms with Crippen molar-refractivity contribution in [3.8, 4) is 0 Å². The average Bonchev–Trinajstić information content (AvgIpc) is 2.70. The molecule has 1 saturated heterocycles. The summed E-state index contributed by atoms with van der Waals surface area (Å²) in [5, 5.41) is 14.5. The molecule has 1 N–H and O–H groups in total. The van der Waals surface area contributed by atoms with E-state index in [1.54, 1.807) is 11.3 Å². The lowest BCUT2D eigenvalue weighted by Gasteiger charge is -2.41. The average molecular weight is 292 g/mol. The molecule has 1 nitrogen and oxygen atoms in total. The quantitative estimate of drug-likeness (QED) is 0.888. The molecule has 3 rings (SSSR count). The highest BCUT2D eigenvalue weighted by Gasteiger charge is 2.39. The Morgan fingerprint density at radius 1 is 1.21 bits per heavy atom. The molecule has 2 aromatic rings. The lowest BCUT2D eigenvalue weighted by atomic mass is 9.79. The predicted octanol–water partition coefficient (Wildman–Crippen LogP) is 4.34. The monoisotopic (exact) mass is 292 g/mol. The fourth-order valence-corrected chi connectivity index (χ4v) is 5.45. The van der Waals surface area contributed by atoms with Gasteiger partial charge in [0.25, 0.3) is 0 Å². The molecule has 1 aliphatic heterocycles. The third kappa shape index (κ3) is 2.83. The zero-order valence-electron chi connectivity index (χ0n) is 11.5. The van der Waals surface area contributed by atoms with E-state index in [1.807, 2.05) is 11.8 Å². The van der Waals surface area contributed by atoms with Crippen LogP contribution in [0.2, 0.25) is 0 Å². The maximum absolute atomic E-state index is 10.9. The van der Waals surface area contributed by atoms with Gasteiger partial charge in [-0.1, -0.05) is 32.0 Å². The molecule has 1 unspecified atom stereocenters. The lowest BCUT2D eigenvalue weighted by Crippen LogP contribution is -2.44. The maximum atomic E-state index is 10.9. The first-order chi connectivity index (χ1) is 8.98. The van der Waals surface area contributed by atoms with Crippen LogP contribution >= 0.6 is 23.1 Å². The highest BCUT2D eigenvalue weighted by atomic mass is 32.2. The molecular formula is C16H20OS2. The number of benzene rings is 1.